The summed E-state index contributed by atoms with van der Waals surface area (Å²) in [6.07, 6.45) is 0.113. The quantitative estimate of drug-likeness (QED) is 0.820. The number of amides is 1. The topological polar surface area (TPSA) is 73.7 Å². The molecule has 1 heterocycles. The number of anilines is 1. The van der Waals surface area contributed by atoms with E-state index >= 15 is 0 Å². The molecule has 0 aromatic carbocycles. The fourth-order valence-corrected chi connectivity index (χ4v) is 2.55. The summed E-state index contributed by atoms with van der Waals surface area (Å²) in [4.78, 5) is 29.8. The van der Waals surface area contributed by atoms with Gasteiger partial charge in [0.25, 0.3) is 0 Å². The molecule has 7 heteroatoms. The normalized spacial score (nSPS) is 10.7. The van der Waals surface area contributed by atoms with Crippen LogP contribution < -0.4 is 4.90 Å². The first-order chi connectivity index (χ1) is 8.93. The van der Waals surface area contributed by atoms with Gasteiger partial charge in [-0.3, -0.25) is 19.4 Å². The zero-order valence-corrected chi connectivity index (χ0v) is 12.2. The standard InChI is InChI=1S/C12H19N3O3S/c1-4-15(9(2)16)12-13-10(8-19-12)7-14(3)6-5-11(17)18/h8H,4-7H2,1-3H3,(H,17,18). The Labute approximate surface area is 116 Å². The summed E-state index contributed by atoms with van der Waals surface area (Å²) in [5.41, 5.74) is 0.854. The van der Waals surface area contributed by atoms with Crippen LogP contribution in [0.25, 0.3) is 0 Å². The number of carbonyl (C=O) groups is 2. The molecule has 0 aliphatic carbocycles. The predicted molar refractivity (Wildman–Crippen MR) is 74.4 cm³/mol. The van der Waals surface area contributed by atoms with Crippen LogP contribution in [-0.2, 0) is 16.1 Å². The summed E-state index contributed by atoms with van der Waals surface area (Å²) in [6.45, 7) is 5.08. The Morgan fingerprint density at radius 2 is 2.16 bits per heavy atom. The molecule has 0 aliphatic rings. The molecule has 0 aliphatic heterocycles. The first-order valence-corrected chi connectivity index (χ1v) is 6.94. The van der Waals surface area contributed by atoms with Gasteiger partial charge in [-0.15, -0.1) is 11.3 Å². The highest BCUT2D eigenvalue weighted by molar-refractivity contribution is 7.14. The van der Waals surface area contributed by atoms with Gasteiger partial charge in [-0.1, -0.05) is 0 Å². The van der Waals surface area contributed by atoms with Gasteiger partial charge in [0.05, 0.1) is 12.1 Å². The molecule has 6 nitrogen and oxygen atoms in total. The molecule has 19 heavy (non-hydrogen) atoms. The number of thiazole rings is 1. The highest BCUT2D eigenvalue weighted by Gasteiger charge is 2.14. The van der Waals surface area contributed by atoms with Crippen molar-refractivity contribution in [2.24, 2.45) is 0 Å². The third-order valence-corrected chi connectivity index (χ3v) is 3.52. The van der Waals surface area contributed by atoms with Gasteiger partial charge >= 0.3 is 5.97 Å². The summed E-state index contributed by atoms with van der Waals surface area (Å²) < 4.78 is 0. The van der Waals surface area contributed by atoms with Crippen molar-refractivity contribution in [2.45, 2.75) is 26.8 Å². The third kappa shape index (κ3) is 4.96. The lowest BCUT2D eigenvalue weighted by molar-refractivity contribution is -0.137. The maximum absolute atomic E-state index is 11.4. The number of rotatable bonds is 7. The average molecular weight is 285 g/mol. The van der Waals surface area contributed by atoms with Crippen LogP contribution in [0.3, 0.4) is 0 Å². The Kier molecular flexibility index (Phi) is 5.91. The minimum Gasteiger partial charge on any atom is -0.481 e. The van der Waals surface area contributed by atoms with Crippen molar-refractivity contribution in [1.82, 2.24) is 9.88 Å². The molecular formula is C12H19N3O3S. The van der Waals surface area contributed by atoms with Crippen LogP contribution in [-0.4, -0.2) is 47.0 Å². The molecule has 106 valence electrons. The number of hydrogen-bond donors (Lipinski definition) is 1. The van der Waals surface area contributed by atoms with Crippen LogP contribution in [0.5, 0.6) is 0 Å². The summed E-state index contributed by atoms with van der Waals surface area (Å²) in [6, 6.07) is 0. The molecule has 1 amide bonds. The molecule has 1 aromatic heterocycles. The number of nitrogens with zero attached hydrogens (tertiary/aromatic N) is 3. The Balaban J connectivity index is 2.59. The van der Waals surface area contributed by atoms with Crippen molar-refractivity contribution in [3.8, 4) is 0 Å². The molecule has 1 rings (SSSR count). The van der Waals surface area contributed by atoms with Crippen molar-refractivity contribution < 1.29 is 14.7 Å². The van der Waals surface area contributed by atoms with E-state index < -0.39 is 5.97 Å². The first kappa shape index (κ1) is 15.6. The molecule has 0 atom stereocenters. The largest absolute Gasteiger partial charge is 0.481 e. The number of aromatic nitrogens is 1. The van der Waals surface area contributed by atoms with E-state index in [0.717, 1.165) is 5.69 Å². The lowest BCUT2D eigenvalue weighted by Gasteiger charge is -2.15. The van der Waals surface area contributed by atoms with Crippen LogP contribution in [0.1, 0.15) is 26.0 Å². The number of carboxylic acids is 1. The molecule has 0 bridgehead atoms. The smallest absolute Gasteiger partial charge is 0.304 e. The molecule has 1 N–H and O–H groups in total. The van der Waals surface area contributed by atoms with Gasteiger partial charge < -0.3 is 5.11 Å². The Morgan fingerprint density at radius 1 is 1.47 bits per heavy atom. The Morgan fingerprint density at radius 3 is 2.68 bits per heavy atom. The van der Waals surface area contributed by atoms with Crippen LogP contribution in [0.4, 0.5) is 5.13 Å². The lowest BCUT2D eigenvalue weighted by atomic mass is 10.3. The van der Waals surface area contributed by atoms with Gasteiger partial charge in [0, 0.05) is 31.9 Å². The summed E-state index contributed by atoms with van der Waals surface area (Å²) >= 11 is 1.43. The van der Waals surface area contributed by atoms with E-state index in [1.54, 1.807) is 4.90 Å². The molecular weight excluding hydrogens is 266 g/mol. The highest BCUT2D eigenvalue weighted by Crippen LogP contribution is 2.21. The number of aliphatic carboxylic acids is 1. The molecule has 1 aromatic rings. The predicted octanol–water partition coefficient (Wildman–Crippen LogP) is 1.42. The SMILES string of the molecule is CCN(C(C)=O)c1nc(CN(C)CCC(=O)O)cs1. The van der Waals surface area contributed by atoms with E-state index in [9.17, 15) is 9.59 Å². The second kappa shape index (κ2) is 7.20. The zero-order valence-electron chi connectivity index (χ0n) is 11.4. The minimum atomic E-state index is -0.806. The molecule has 0 fully saturated rings. The number of carboxylic acid groups (broad SMARTS) is 1. The van der Waals surface area contributed by atoms with E-state index in [1.807, 2.05) is 24.3 Å². The first-order valence-electron chi connectivity index (χ1n) is 6.06. The summed E-state index contributed by atoms with van der Waals surface area (Å²) in [5.74, 6) is -0.831. The maximum atomic E-state index is 11.4. The van der Waals surface area contributed by atoms with E-state index in [2.05, 4.69) is 4.98 Å². The van der Waals surface area contributed by atoms with Crippen molar-refractivity contribution in [2.75, 3.05) is 25.0 Å². The van der Waals surface area contributed by atoms with Crippen molar-refractivity contribution >= 4 is 28.3 Å². The van der Waals surface area contributed by atoms with E-state index in [4.69, 9.17) is 5.11 Å². The number of hydrogen-bond acceptors (Lipinski definition) is 5. The highest BCUT2D eigenvalue weighted by atomic mass is 32.1. The van der Waals surface area contributed by atoms with Crippen molar-refractivity contribution in [3.05, 3.63) is 11.1 Å². The second-order valence-corrected chi connectivity index (χ2v) is 5.10. The fraction of sp³-hybridized carbons (Fsp3) is 0.583. The molecule has 0 spiro atoms. The van der Waals surface area contributed by atoms with Gasteiger partial charge in [-0.25, -0.2) is 4.98 Å². The molecule has 0 unspecified atom stereocenters. The fourth-order valence-electron chi connectivity index (χ4n) is 1.63. The molecule has 0 radical (unpaired) electrons. The Hall–Kier alpha value is -1.47. The van der Waals surface area contributed by atoms with Crippen molar-refractivity contribution in [3.63, 3.8) is 0 Å². The zero-order chi connectivity index (χ0) is 14.4. The molecule has 0 saturated carbocycles. The van der Waals surface area contributed by atoms with E-state index in [-0.39, 0.29) is 12.3 Å². The van der Waals surface area contributed by atoms with Gasteiger partial charge in [-0.05, 0) is 14.0 Å². The van der Waals surface area contributed by atoms with Crippen LogP contribution in [0, 0.1) is 0 Å². The van der Waals surface area contributed by atoms with Gasteiger partial charge in [-0.2, -0.15) is 0 Å². The molecule has 0 saturated heterocycles. The van der Waals surface area contributed by atoms with Crippen LogP contribution in [0.15, 0.2) is 5.38 Å². The second-order valence-electron chi connectivity index (χ2n) is 4.27. The van der Waals surface area contributed by atoms with Crippen LogP contribution >= 0.6 is 11.3 Å². The van der Waals surface area contributed by atoms with Crippen molar-refractivity contribution in [1.29, 1.82) is 0 Å². The minimum absolute atomic E-state index is 0.0253. The van der Waals surface area contributed by atoms with Gasteiger partial charge in [0.1, 0.15) is 0 Å². The van der Waals surface area contributed by atoms with E-state index in [0.29, 0.717) is 24.8 Å². The number of carbonyl (C=O) groups excluding carboxylic acids is 1. The van der Waals surface area contributed by atoms with Crippen LogP contribution in [0.2, 0.25) is 0 Å². The summed E-state index contributed by atoms with van der Waals surface area (Å²) in [5, 5.41) is 11.2. The maximum Gasteiger partial charge on any atom is 0.304 e. The summed E-state index contributed by atoms with van der Waals surface area (Å²) in [7, 11) is 1.85. The van der Waals surface area contributed by atoms with Gasteiger partial charge in [0.15, 0.2) is 5.13 Å². The van der Waals surface area contributed by atoms with Gasteiger partial charge in [0.2, 0.25) is 5.91 Å². The Bertz CT molecular complexity index is 447. The van der Waals surface area contributed by atoms with E-state index in [1.165, 1.54) is 18.3 Å². The monoisotopic (exact) mass is 285 g/mol. The average Bonchev–Trinajstić information content (AvgIpc) is 2.75. The lowest BCUT2D eigenvalue weighted by Crippen LogP contribution is -2.28. The third-order valence-electron chi connectivity index (χ3n) is 2.61.